The molecular formula is C18H18O7. The van der Waals surface area contributed by atoms with Gasteiger partial charge >= 0.3 is 0 Å². The van der Waals surface area contributed by atoms with Gasteiger partial charge in [-0.2, -0.15) is 0 Å². The summed E-state index contributed by atoms with van der Waals surface area (Å²) in [5.41, 5.74) is 0.843. The molecule has 2 aromatic rings. The van der Waals surface area contributed by atoms with Gasteiger partial charge < -0.3 is 29.2 Å². The molecule has 0 radical (unpaired) electrons. The molecule has 1 atom stereocenters. The van der Waals surface area contributed by atoms with E-state index in [9.17, 15) is 15.0 Å². The summed E-state index contributed by atoms with van der Waals surface area (Å²) >= 11 is 0. The molecule has 2 aromatic carbocycles. The molecule has 0 bridgehead atoms. The molecule has 7 nitrogen and oxygen atoms in total. The number of methoxy groups -OCH3 is 3. The highest BCUT2D eigenvalue weighted by molar-refractivity contribution is 6.02. The van der Waals surface area contributed by atoms with Crippen LogP contribution in [0.1, 0.15) is 28.4 Å². The Morgan fingerprint density at radius 3 is 2.32 bits per heavy atom. The Labute approximate surface area is 144 Å². The van der Waals surface area contributed by atoms with Crippen LogP contribution in [0, 0.1) is 0 Å². The third-order valence-corrected chi connectivity index (χ3v) is 4.09. The van der Waals surface area contributed by atoms with Gasteiger partial charge in [0.15, 0.2) is 28.8 Å². The third kappa shape index (κ3) is 2.77. The van der Waals surface area contributed by atoms with E-state index >= 15 is 0 Å². The van der Waals surface area contributed by atoms with Crippen molar-refractivity contribution in [2.75, 3.05) is 21.3 Å². The summed E-state index contributed by atoms with van der Waals surface area (Å²) < 4.78 is 21.4. The molecule has 0 unspecified atom stereocenters. The minimum Gasteiger partial charge on any atom is -0.504 e. The molecule has 0 aromatic heterocycles. The molecule has 0 amide bonds. The summed E-state index contributed by atoms with van der Waals surface area (Å²) in [4.78, 5) is 12.5. The number of rotatable bonds is 4. The lowest BCUT2D eigenvalue weighted by atomic mass is 9.95. The zero-order valence-corrected chi connectivity index (χ0v) is 14.0. The quantitative estimate of drug-likeness (QED) is 0.879. The van der Waals surface area contributed by atoms with Gasteiger partial charge in [-0.25, -0.2) is 0 Å². The number of carbonyl (C=O) groups excluding carboxylic acids is 1. The maximum absolute atomic E-state index is 12.5. The van der Waals surface area contributed by atoms with Crippen molar-refractivity contribution < 1.29 is 34.0 Å². The zero-order valence-electron chi connectivity index (χ0n) is 14.0. The number of hydrogen-bond acceptors (Lipinski definition) is 7. The first-order chi connectivity index (χ1) is 12.0. The summed E-state index contributed by atoms with van der Waals surface area (Å²) in [5, 5.41) is 20.0. The molecule has 0 saturated heterocycles. The van der Waals surface area contributed by atoms with Gasteiger partial charge in [-0.05, 0) is 23.8 Å². The molecule has 132 valence electrons. The SMILES string of the molecule is COc1ccc([C@H]2CC(=O)c3cc(O)c(OC)c(OC)c3O2)cc1O. The molecule has 1 heterocycles. The summed E-state index contributed by atoms with van der Waals surface area (Å²) in [7, 11) is 4.23. The molecule has 2 N–H and O–H groups in total. The van der Waals surface area contributed by atoms with E-state index in [1.165, 1.54) is 33.5 Å². The number of phenolic OH excluding ortho intramolecular Hbond substituents is 2. The predicted molar refractivity (Wildman–Crippen MR) is 88.2 cm³/mol. The second-order valence-corrected chi connectivity index (χ2v) is 5.50. The van der Waals surface area contributed by atoms with E-state index in [2.05, 4.69) is 0 Å². The Bertz CT molecular complexity index is 829. The van der Waals surface area contributed by atoms with E-state index in [1.807, 2.05) is 0 Å². The Kier molecular flexibility index (Phi) is 4.31. The predicted octanol–water partition coefficient (Wildman–Crippen LogP) is 2.83. The van der Waals surface area contributed by atoms with E-state index in [0.29, 0.717) is 11.3 Å². The normalized spacial score (nSPS) is 16.0. The second-order valence-electron chi connectivity index (χ2n) is 5.50. The van der Waals surface area contributed by atoms with Crippen molar-refractivity contribution >= 4 is 5.78 Å². The number of fused-ring (bicyclic) bond motifs is 1. The van der Waals surface area contributed by atoms with Crippen molar-refractivity contribution in [3.63, 3.8) is 0 Å². The van der Waals surface area contributed by atoms with Crippen LogP contribution in [-0.2, 0) is 0 Å². The number of Topliss-reactive ketones (excluding diaryl/α,β-unsaturated/α-hetero) is 1. The molecule has 0 aliphatic carbocycles. The van der Waals surface area contributed by atoms with Crippen molar-refractivity contribution in [2.24, 2.45) is 0 Å². The standard InChI is InChI=1S/C18H18O7/c1-22-14-5-4-9(6-12(14)20)15-8-11(19)10-7-13(21)17(23-2)18(24-3)16(10)25-15/h4-7,15,20-21H,8H2,1-3H3/t15-/m1/s1. The molecule has 0 fully saturated rings. The highest BCUT2D eigenvalue weighted by Crippen LogP contribution is 2.50. The Morgan fingerprint density at radius 2 is 1.72 bits per heavy atom. The van der Waals surface area contributed by atoms with Gasteiger partial charge in [0.1, 0.15) is 6.10 Å². The Balaban J connectivity index is 2.06. The van der Waals surface area contributed by atoms with Crippen LogP contribution in [0.4, 0.5) is 0 Å². The minimum atomic E-state index is -0.611. The van der Waals surface area contributed by atoms with Gasteiger partial charge in [0.2, 0.25) is 11.5 Å². The van der Waals surface area contributed by atoms with E-state index in [0.717, 1.165) is 0 Å². The fourth-order valence-electron chi connectivity index (χ4n) is 2.87. The summed E-state index contributed by atoms with van der Waals surface area (Å²) in [5.74, 6) is 0.315. The summed E-state index contributed by atoms with van der Waals surface area (Å²) in [6.45, 7) is 0. The fourth-order valence-corrected chi connectivity index (χ4v) is 2.87. The fraction of sp³-hybridized carbons (Fsp3) is 0.278. The van der Waals surface area contributed by atoms with Crippen LogP contribution in [0.3, 0.4) is 0 Å². The van der Waals surface area contributed by atoms with Crippen LogP contribution < -0.4 is 18.9 Å². The van der Waals surface area contributed by atoms with Crippen molar-refractivity contribution in [3.8, 4) is 34.5 Å². The lowest BCUT2D eigenvalue weighted by Gasteiger charge is -2.28. The molecular weight excluding hydrogens is 328 g/mol. The zero-order chi connectivity index (χ0) is 18.1. The van der Waals surface area contributed by atoms with Crippen molar-refractivity contribution in [1.29, 1.82) is 0 Å². The van der Waals surface area contributed by atoms with Gasteiger partial charge in [-0.15, -0.1) is 0 Å². The number of benzene rings is 2. The molecule has 25 heavy (non-hydrogen) atoms. The smallest absolute Gasteiger partial charge is 0.208 e. The topological polar surface area (TPSA) is 94.5 Å². The van der Waals surface area contributed by atoms with Crippen molar-refractivity contribution in [1.82, 2.24) is 0 Å². The van der Waals surface area contributed by atoms with Crippen LogP contribution in [0.25, 0.3) is 0 Å². The monoisotopic (exact) mass is 346 g/mol. The highest BCUT2D eigenvalue weighted by Gasteiger charge is 2.33. The van der Waals surface area contributed by atoms with Crippen LogP contribution in [-0.4, -0.2) is 37.3 Å². The van der Waals surface area contributed by atoms with Crippen LogP contribution >= 0.6 is 0 Å². The Morgan fingerprint density at radius 1 is 1.00 bits per heavy atom. The van der Waals surface area contributed by atoms with Crippen molar-refractivity contribution in [3.05, 3.63) is 35.4 Å². The van der Waals surface area contributed by atoms with Crippen LogP contribution in [0.15, 0.2) is 24.3 Å². The van der Waals surface area contributed by atoms with Gasteiger partial charge in [0.25, 0.3) is 0 Å². The van der Waals surface area contributed by atoms with Gasteiger partial charge in [0.05, 0.1) is 33.3 Å². The first-order valence-corrected chi connectivity index (χ1v) is 7.54. The van der Waals surface area contributed by atoms with E-state index in [4.69, 9.17) is 18.9 Å². The van der Waals surface area contributed by atoms with Crippen LogP contribution in [0.5, 0.6) is 34.5 Å². The first kappa shape index (κ1) is 16.8. The molecule has 1 aliphatic heterocycles. The molecule has 7 heteroatoms. The summed E-state index contributed by atoms with van der Waals surface area (Å²) in [6, 6.07) is 6.11. The molecule has 3 rings (SSSR count). The largest absolute Gasteiger partial charge is 0.504 e. The highest BCUT2D eigenvalue weighted by atomic mass is 16.5. The summed E-state index contributed by atoms with van der Waals surface area (Å²) in [6.07, 6.45) is -0.548. The molecule has 0 spiro atoms. The van der Waals surface area contributed by atoms with E-state index in [1.54, 1.807) is 12.1 Å². The number of phenols is 2. The average Bonchev–Trinajstić information content (AvgIpc) is 2.61. The minimum absolute atomic E-state index is 0.0444. The van der Waals surface area contributed by atoms with Crippen molar-refractivity contribution in [2.45, 2.75) is 12.5 Å². The van der Waals surface area contributed by atoms with Gasteiger partial charge in [-0.1, -0.05) is 6.07 Å². The third-order valence-electron chi connectivity index (χ3n) is 4.09. The second kappa shape index (κ2) is 6.43. The number of ketones is 1. The lowest BCUT2D eigenvalue weighted by Crippen LogP contribution is -2.21. The van der Waals surface area contributed by atoms with E-state index < -0.39 is 6.10 Å². The number of carbonyl (C=O) groups is 1. The number of hydrogen-bond donors (Lipinski definition) is 2. The van der Waals surface area contributed by atoms with Gasteiger partial charge in [0, 0.05) is 0 Å². The molecule has 1 aliphatic rings. The molecule has 0 saturated carbocycles. The Hall–Kier alpha value is -3.09. The first-order valence-electron chi connectivity index (χ1n) is 7.54. The van der Waals surface area contributed by atoms with E-state index in [-0.39, 0.29) is 46.5 Å². The van der Waals surface area contributed by atoms with Crippen LogP contribution in [0.2, 0.25) is 0 Å². The number of aromatic hydroxyl groups is 2. The average molecular weight is 346 g/mol. The lowest BCUT2D eigenvalue weighted by molar-refractivity contribution is 0.0839. The maximum atomic E-state index is 12.5. The maximum Gasteiger partial charge on any atom is 0.208 e. The number of ether oxygens (including phenoxy) is 4. The van der Waals surface area contributed by atoms with Gasteiger partial charge in [-0.3, -0.25) is 4.79 Å².